The van der Waals surface area contributed by atoms with Crippen molar-refractivity contribution in [1.82, 2.24) is 10.4 Å². The summed E-state index contributed by atoms with van der Waals surface area (Å²) in [5.41, 5.74) is 3.83. The van der Waals surface area contributed by atoms with Gasteiger partial charge in [-0.1, -0.05) is 27.5 Å². The zero-order valence-electron chi connectivity index (χ0n) is 16.5. The first-order chi connectivity index (χ1) is 14.7. The van der Waals surface area contributed by atoms with Gasteiger partial charge in [0.2, 0.25) is 10.0 Å². The van der Waals surface area contributed by atoms with Gasteiger partial charge in [-0.15, -0.1) is 0 Å². The van der Waals surface area contributed by atoms with Crippen LogP contribution in [0, 0.1) is 0 Å². The molecule has 1 heterocycles. The molecule has 11 heteroatoms. The number of nitrogens with one attached hydrogen (secondary N) is 1. The number of hydrogen-bond donors (Lipinski definition) is 1. The molecule has 3 aromatic rings. The molecule has 1 N–H and O–H groups in total. The summed E-state index contributed by atoms with van der Waals surface area (Å²) in [7, 11) is -2.11. The van der Waals surface area contributed by atoms with E-state index < -0.39 is 22.5 Å². The predicted molar refractivity (Wildman–Crippen MR) is 125 cm³/mol. The molecular weight excluding hydrogens is 508 g/mol. The summed E-state index contributed by atoms with van der Waals surface area (Å²) in [6, 6.07) is 13.7. The number of carbonyl (C=O) groups is 1. The number of methoxy groups -OCH3 is 1. The van der Waals surface area contributed by atoms with Gasteiger partial charge in [0.15, 0.2) is 0 Å². The molecule has 0 saturated carbocycles. The van der Waals surface area contributed by atoms with Crippen molar-refractivity contribution in [3.63, 3.8) is 0 Å². The molecule has 0 fully saturated rings. The highest BCUT2D eigenvalue weighted by atomic mass is 79.9. The summed E-state index contributed by atoms with van der Waals surface area (Å²) in [6.07, 6.45) is 2.38. The molecule has 0 atom stereocenters. The lowest BCUT2D eigenvalue weighted by Crippen LogP contribution is -2.39. The van der Waals surface area contributed by atoms with Crippen LogP contribution >= 0.6 is 27.5 Å². The molecule has 0 radical (unpaired) electrons. The second-order valence-electron chi connectivity index (χ2n) is 6.47. The molecule has 162 valence electrons. The van der Waals surface area contributed by atoms with Crippen molar-refractivity contribution in [2.45, 2.75) is 0 Å². The van der Waals surface area contributed by atoms with E-state index >= 15 is 0 Å². The molecule has 8 nitrogen and oxygen atoms in total. The topological polar surface area (TPSA) is 101 Å². The Hall–Kier alpha value is -2.69. The molecule has 0 aliphatic heterocycles. The van der Waals surface area contributed by atoms with Crippen LogP contribution in [0.5, 0.6) is 5.75 Å². The van der Waals surface area contributed by atoms with Crippen LogP contribution in [-0.2, 0) is 14.8 Å². The number of anilines is 1. The number of ether oxygens (including phenoxy) is 1. The molecule has 0 aliphatic rings. The highest BCUT2D eigenvalue weighted by Crippen LogP contribution is 2.23. The number of rotatable bonds is 7. The van der Waals surface area contributed by atoms with Crippen molar-refractivity contribution >= 4 is 66.3 Å². The summed E-state index contributed by atoms with van der Waals surface area (Å²) >= 11 is 9.50. The maximum atomic E-state index is 12.3. The van der Waals surface area contributed by atoms with E-state index in [0.29, 0.717) is 22.5 Å². The van der Waals surface area contributed by atoms with Gasteiger partial charge in [-0.3, -0.25) is 9.10 Å². The number of aromatic nitrogens is 1. The average molecular weight is 526 g/mol. The minimum absolute atomic E-state index is 0.200. The third-order valence-electron chi connectivity index (χ3n) is 4.20. The largest absolute Gasteiger partial charge is 0.497 e. The van der Waals surface area contributed by atoms with Crippen LogP contribution in [0.25, 0.3) is 10.9 Å². The van der Waals surface area contributed by atoms with Gasteiger partial charge < -0.3 is 4.74 Å². The Kier molecular flexibility index (Phi) is 7.14. The normalized spacial score (nSPS) is 11.6. The van der Waals surface area contributed by atoms with E-state index in [1.165, 1.54) is 6.21 Å². The first kappa shape index (κ1) is 23.0. The van der Waals surface area contributed by atoms with E-state index in [1.54, 1.807) is 49.6 Å². The Morgan fingerprint density at radius 2 is 1.97 bits per heavy atom. The molecule has 3 rings (SSSR count). The van der Waals surface area contributed by atoms with Gasteiger partial charge in [0.05, 0.1) is 30.8 Å². The van der Waals surface area contributed by atoms with Crippen LogP contribution in [-0.4, -0.2) is 45.4 Å². The SMILES string of the molecule is COc1ccc2cc(/C=N\NC(=O)CN(c3ccc(Br)cc3)S(C)(=O)=O)c(Cl)nc2c1. The van der Waals surface area contributed by atoms with Gasteiger partial charge in [0.1, 0.15) is 17.4 Å². The molecule has 1 amide bonds. The van der Waals surface area contributed by atoms with Crippen LogP contribution in [0.4, 0.5) is 5.69 Å². The molecule has 0 unspecified atom stereocenters. The van der Waals surface area contributed by atoms with E-state index in [4.69, 9.17) is 16.3 Å². The monoisotopic (exact) mass is 524 g/mol. The lowest BCUT2D eigenvalue weighted by molar-refractivity contribution is -0.119. The molecule has 1 aromatic heterocycles. The Bertz CT molecular complexity index is 1250. The molecule has 0 saturated heterocycles. The Morgan fingerprint density at radius 1 is 1.26 bits per heavy atom. The molecule has 2 aromatic carbocycles. The summed E-state index contributed by atoms with van der Waals surface area (Å²) in [5, 5.41) is 4.90. The number of hydrazone groups is 1. The van der Waals surface area contributed by atoms with Crippen LogP contribution in [0.3, 0.4) is 0 Å². The fourth-order valence-electron chi connectivity index (χ4n) is 2.70. The van der Waals surface area contributed by atoms with Gasteiger partial charge in [0.25, 0.3) is 5.91 Å². The van der Waals surface area contributed by atoms with Crippen molar-refractivity contribution in [2.24, 2.45) is 5.10 Å². The first-order valence-corrected chi connectivity index (χ1v) is 11.9. The van der Waals surface area contributed by atoms with Gasteiger partial charge in [-0.25, -0.2) is 18.8 Å². The van der Waals surface area contributed by atoms with E-state index in [-0.39, 0.29) is 5.15 Å². The zero-order chi connectivity index (χ0) is 22.6. The Labute approximate surface area is 193 Å². The third kappa shape index (κ3) is 5.93. The number of amides is 1. The maximum Gasteiger partial charge on any atom is 0.260 e. The fourth-order valence-corrected chi connectivity index (χ4v) is 4.02. The number of sulfonamides is 1. The summed E-state index contributed by atoms with van der Waals surface area (Å²) in [4.78, 5) is 16.6. The maximum absolute atomic E-state index is 12.3. The highest BCUT2D eigenvalue weighted by molar-refractivity contribution is 9.10. The number of nitrogens with zero attached hydrogens (tertiary/aromatic N) is 3. The second kappa shape index (κ2) is 9.63. The minimum Gasteiger partial charge on any atom is -0.497 e. The lowest BCUT2D eigenvalue weighted by atomic mass is 10.1. The van der Waals surface area contributed by atoms with Crippen molar-refractivity contribution in [1.29, 1.82) is 0 Å². The van der Waals surface area contributed by atoms with Crippen LogP contribution in [0.15, 0.2) is 58.1 Å². The van der Waals surface area contributed by atoms with E-state index in [9.17, 15) is 13.2 Å². The highest BCUT2D eigenvalue weighted by Gasteiger charge is 2.20. The molecule has 0 bridgehead atoms. The average Bonchev–Trinajstić information content (AvgIpc) is 2.72. The standard InChI is InChI=1S/C20H18BrClN4O4S/c1-30-17-8-3-13-9-14(20(22)24-18(13)10-17)11-23-25-19(27)12-26(31(2,28)29)16-6-4-15(21)5-7-16/h3-11H,12H2,1-2H3,(H,25,27)/b23-11-. The predicted octanol–water partition coefficient (Wildman–Crippen LogP) is 3.58. The number of halogens is 2. The van der Waals surface area contributed by atoms with Gasteiger partial charge in [-0.2, -0.15) is 5.10 Å². The number of hydrogen-bond acceptors (Lipinski definition) is 6. The van der Waals surface area contributed by atoms with Crippen LogP contribution in [0.1, 0.15) is 5.56 Å². The first-order valence-electron chi connectivity index (χ1n) is 8.87. The fraction of sp³-hybridized carbons (Fsp3) is 0.150. The quantitative estimate of drug-likeness (QED) is 0.289. The van der Waals surface area contributed by atoms with Crippen LogP contribution < -0.4 is 14.5 Å². The zero-order valence-corrected chi connectivity index (χ0v) is 19.7. The second-order valence-corrected chi connectivity index (χ2v) is 9.65. The summed E-state index contributed by atoms with van der Waals surface area (Å²) in [6.45, 7) is -0.429. The van der Waals surface area contributed by atoms with E-state index in [1.807, 2.05) is 6.07 Å². The number of carbonyl (C=O) groups excluding carboxylic acids is 1. The lowest BCUT2D eigenvalue weighted by Gasteiger charge is -2.21. The summed E-state index contributed by atoms with van der Waals surface area (Å²) < 4.78 is 31.2. The van der Waals surface area contributed by atoms with Gasteiger partial charge in [-0.05, 0) is 42.5 Å². The smallest absolute Gasteiger partial charge is 0.260 e. The van der Waals surface area contributed by atoms with Crippen molar-refractivity contribution in [2.75, 3.05) is 24.2 Å². The molecular formula is C20H18BrClN4O4S. The van der Waals surface area contributed by atoms with E-state index in [2.05, 4.69) is 31.4 Å². The number of benzene rings is 2. The summed E-state index contributed by atoms with van der Waals surface area (Å²) in [5.74, 6) is 0.0464. The number of pyridine rings is 1. The molecule has 31 heavy (non-hydrogen) atoms. The van der Waals surface area contributed by atoms with Gasteiger partial charge in [0, 0.05) is 21.5 Å². The van der Waals surface area contributed by atoms with Gasteiger partial charge >= 0.3 is 0 Å². The van der Waals surface area contributed by atoms with Crippen molar-refractivity contribution in [3.8, 4) is 5.75 Å². The van der Waals surface area contributed by atoms with E-state index in [0.717, 1.165) is 20.4 Å². The Balaban J connectivity index is 1.73. The molecule has 0 spiro atoms. The van der Waals surface area contributed by atoms with Crippen LogP contribution in [0.2, 0.25) is 5.15 Å². The third-order valence-corrected chi connectivity index (χ3v) is 6.17. The number of fused-ring (bicyclic) bond motifs is 1. The van der Waals surface area contributed by atoms with Crippen molar-refractivity contribution in [3.05, 3.63) is 63.7 Å². The van der Waals surface area contributed by atoms with Crippen molar-refractivity contribution < 1.29 is 17.9 Å². The minimum atomic E-state index is -3.68. The Morgan fingerprint density at radius 3 is 2.61 bits per heavy atom. The molecule has 0 aliphatic carbocycles.